The molecule has 0 aromatic carbocycles. The summed E-state index contributed by atoms with van der Waals surface area (Å²) in [4.78, 5) is 1.49. The number of aryl methyl sites for hydroxylation is 2. The van der Waals surface area contributed by atoms with E-state index in [9.17, 15) is 0 Å². The first-order valence-electron chi connectivity index (χ1n) is 7.62. The first-order chi connectivity index (χ1) is 9.85. The molecular weight excluding hydrogens is 266 g/mol. The number of hydrogen-bond acceptors (Lipinski definition) is 3. The number of nitrogens with zero attached hydrogens (tertiary/aromatic N) is 2. The number of thiophene rings is 1. The van der Waals surface area contributed by atoms with Crippen LogP contribution in [0.2, 0.25) is 0 Å². The van der Waals surface area contributed by atoms with Gasteiger partial charge in [0.1, 0.15) is 0 Å². The first-order valence-corrected chi connectivity index (χ1v) is 8.50. The van der Waals surface area contributed by atoms with Crippen molar-refractivity contribution in [3.8, 4) is 0 Å². The molecule has 0 saturated carbocycles. The van der Waals surface area contributed by atoms with E-state index in [1.54, 1.807) is 0 Å². The van der Waals surface area contributed by atoms with Gasteiger partial charge in [-0.3, -0.25) is 4.68 Å². The monoisotopic (exact) mass is 291 g/mol. The van der Waals surface area contributed by atoms with E-state index < -0.39 is 0 Å². The lowest BCUT2D eigenvalue weighted by molar-refractivity contribution is 0.448. The summed E-state index contributed by atoms with van der Waals surface area (Å²) >= 11 is 1.86. The Hall–Kier alpha value is -1.13. The summed E-state index contributed by atoms with van der Waals surface area (Å²) in [5, 5.41) is 10.2. The molecule has 4 heteroatoms. The lowest BCUT2D eigenvalue weighted by atomic mass is 10.1. The third kappa shape index (κ3) is 4.18. The molecule has 1 N–H and O–H groups in total. The number of nitrogens with one attached hydrogen (secondary N) is 1. The molecule has 0 fully saturated rings. The second-order valence-electron chi connectivity index (χ2n) is 5.06. The molecule has 0 radical (unpaired) electrons. The van der Waals surface area contributed by atoms with Crippen molar-refractivity contribution in [2.75, 3.05) is 6.54 Å². The summed E-state index contributed by atoms with van der Waals surface area (Å²) in [6, 6.07) is 6.95. The molecule has 2 aromatic rings. The maximum atomic E-state index is 4.45. The fourth-order valence-corrected chi connectivity index (χ4v) is 3.32. The zero-order chi connectivity index (χ0) is 14.2. The fourth-order valence-electron chi connectivity index (χ4n) is 2.57. The Labute approximate surface area is 126 Å². The van der Waals surface area contributed by atoms with E-state index in [0.29, 0.717) is 6.04 Å². The molecular formula is C16H25N3S. The minimum Gasteiger partial charge on any atom is -0.309 e. The number of aromatic nitrogens is 2. The summed E-state index contributed by atoms with van der Waals surface area (Å²) in [5.41, 5.74) is 1.33. The summed E-state index contributed by atoms with van der Waals surface area (Å²) in [7, 11) is 0. The Morgan fingerprint density at radius 1 is 1.35 bits per heavy atom. The van der Waals surface area contributed by atoms with E-state index >= 15 is 0 Å². The predicted octanol–water partition coefficient (Wildman–Crippen LogP) is 4.03. The van der Waals surface area contributed by atoms with Crippen molar-refractivity contribution in [2.45, 2.75) is 52.1 Å². The highest BCUT2D eigenvalue weighted by atomic mass is 32.1. The molecule has 20 heavy (non-hydrogen) atoms. The van der Waals surface area contributed by atoms with Crippen LogP contribution >= 0.6 is 11.3 Å². The standard InChI is InChI=1S/C16H25N3S/c1-3-12-19-16(10-11-18-19)15(17-4-2)9-5-7-14-8-6-13-20-14/h6,8,10-11,13,15,17H,3-5,7,9,12H2,1-2H3. The molecule has 2 heterocycles. The van der Waals surface area contributed by atoms with Gasteiger partial charge in [-0.15, -0.1) is 11.3 Å². The van der Waals surface area contributed by atoms with Crippen LogP contribution in [0.25, 0.3) is 0 Å². The van der Waals surface area contributed by atoms with Crippen molar-refractivity contribution in [1.82, 2.24) is 15.1 Å². The van der Waals surface area contributed by atoms with E-state index in [-0.39, 0.29) is 0 Å². The van der Waals surface area contributed by atoms with Crippen LogP contribution < -0.4 is 5.32 Å². The van der Waals surface area contributed by atoms with E-state index in [4.69, 9.17) is 0 Å². The maximum Gasteiger partial charge on any atom is 0.0553 e. The number of rotatable bonds is 9. The van der Waals surface area contributed by atoms with Gasteiger partial charge in [-0.2, -0.15) is 5.10 Å². The van der Waals surface area contributed by atoms with Crippen molar-refractivity contribution in [3.05, 3.63) is 40.3 Å². The van der Waals surface area contributed by atoms with Crippen molar-refractivity contribution in [2.24, 2.45) is 0 Å². The SMILES string of the molecule is CCCn1nccc1C(CCCc1cccs1)NCC. The van der Waals surface area contributed by atoms with Crippen molar-refractivity contribution < 1.29 is 0 Å². The van der Waals surface area contributed by atoms with Crippen LogP contribution in [0.3, 0.4) is 0 Å². The Bertz CT molecular complexity index is 476. The summed E-state index contributed by atoms with van der Waals surface area (Å²) in [5.74, 6) is 0. The van der Waals surface area contributed by atoms with Crippen molar-refractivity contribution in [3.63, 3.8) is 0 Å². The van der Waals surface area contributed by atoms with Gasteiger partial charge < -0.3 is 5.32 Å². The lowest BCUT2D eigenvalue weighted by Crippen LogP contribution is -2.24. The Balaban J connectivity index is 1.93. The van der Waals surface area contributed by atoms with Crippen molar-refractivity contribution >= 4 is 11.3 Å². The quantitative estimate of drug-likeness (QED) is 0.756. The van der Waals surface area contributed by atoms with Crippen LogP contribution in [0.15, 0.2) is 29.8 Å². The number of hydrogen-bond donors (Lipinski definition) is 1. The molecule has 110 valence electrons. The van der Waals surface area contributed by atoms with Gasteiger partial charge in [-0.1, -0.05) is 19.9 Å². The van der Waals surface area contributed by atoms with E-state index in [1.807, 2.05) is 17.5 Å². The molecule has 1 unspecified atom stereocenters. The summed E-state index contributed by atoms with van der Waals surface area (Å²) < 4.78 is 2.15. The molecule has 2 rings (SSSR count). The molecule has 0 aliphatic heterocycles. The smallest absolute Gasteiger partial charge is 0.0553 e. The molecule has 0 bridgehead atoms. The topological polar surface area (TPSA) is 29.9 Å². The normalized spacial score (nSPS) is 12.7. The second-order valence-corrected chi connectivity index (χ2v) is 6.09. The highest BCUT2D eigenvalue weighted by Gasteiger charge is 2.14. The maximum absolute atomic E-state index is 4.45. The Kier molecular flexibility index (Phi) is 6.27. The predicted molar refractivity (Wildman–Crippen MR) is 86.2 cm³/mol. The second kappa shape index (κ2) is 8.22. The summed E-state index contributed by atoms with van der Waals surface area (Å²) in [6.45, 7) is 6.38. The molecule has 0 spiro atoms. The van der Waals surface area contributed by atoms with Crippen LogP contribution in [0.5, 0.6) is 0 Å². The molecule has 0 saturated heterocycles. The van der Waals surface area contributed by atoms with Gasteiger partial charge in [0.25, 0.3) is 0 Å². The third-order valence-electron chi connectivity index (χ3n) is 3.49. The van der Waals surface area contributed by atoms with E-state index in [0.717, 1.165) is 19.5 Å². The molecule has 3 nitrogen and oxygen atoms in total. The largest absolute Gasteiger partial charge is 0.309 e. The zero-order valence-corrected chi connectivity index (χ0v) is 13.3. The van der Waals surface area contributed by atoms with Crippen molar-refractivity contribution in [1.29, 1.82) is 0 Å². The molecule has 0 amide bonds. The molecule has 2 aromatic heterocycles. The van der Waals surface area contributed by atoms with Gasteiger partial charge in [0.05, 0.1) is 5.69 Å². The third-order valence-corrected chi connectivity index (χ3v) is 4.42. The first kappa shape index (κ1) is 15.3. The average Bonchev–Trinajstić information content (AvgIpc) is 3.09. The molecule has 1 atom stereocenters. The van der Waals surface area contributed by atoms with E-state index in [1.165, 1.54) is 29.8 Å². The Morgan fingerprint density at radius 3 is 2.95 bits per heavy atom. The highest BCUT2D eigenvalue weighted by Crippen LogP contribution is 2.21. The van der Waals surface area contributed by atoms with E-state index in [2.05, 4.69) is 52.5 Å². The van der Waals surface area contributed by atoms with Crippen LogP contribution in [0.1, 0.15) is 49.7 Å². The van der Waals surface area contributed by atoms with Crippen LogP contribution in [-0.4, -0.2) is 16.3 Å². The zero-order valence-electron chi connectivity index (χ0n) is 12.5. The van der Waals surface area contributed by atoms with Gasteiger partial charge in [0.2, 0.25) is 0 Å². The molecule has 0 aliphatic rings. The van der Waals surface area contributed by atoms with Gasteiger partial charge in [0, 0.05) is 23.7 Å². The minimum atomic E-state index is 0.425. The Morgan fingerprint density at radius 2 is 2.25 bits per heavy atom. The van der Waals surface area contributed by atoms with Crippen LogP contribution in [-0.2, 0) is 13.0 Å². The van der Waals surface area contributed by atoms with Gasteiger partial charge in [-0.25, -0.2) is 0 Å². The highest BCUT2D eigenvalue weighted by molar-refractivity contribution is 7.09. The minimum absolute atomic E-state index is 0.425. The average molecular weight is 291 g/mol. The lowest BCUT2D eigenvalue weighted by Gasteiger charge is -2.19. The summed E-state index contributed by atoms with van der Waals surface area (Å²) in [6.07, 6.45) is 6.62. The van der Waals surface area contributed by atoms with Gasteiger partial charge in [0.15, 0.2) is 0 Å². The van der Waals surface area contributed by atoms with Crippen LogP contribution in [0.4, 0.5) is 0 Å². The molecule has 0 aliphatic carbocycles. The fraction of sp³-hybridized carbons (Fsp3) is 0.562. The van der Waals surface area contributed by atoms with Gasteiger partial charge >= 0.3 is 0 Å². The van der Waals surface area contributed by atoms with Crippen LogP contribution in [0, 0.1) is 0 Å². The van der Waals surface area contributed by atoms with Gasteiger partial charge in [-0.05, 0) is 49.7 Å².